The van der Waals surface area contributed by atoms with Gasteiger partial charge in [-0.1, -0.05) is 20.8 Å². The fourth-order valence-corrected chi connectivity index (χ4v) is 3.47. The lowest BCUT2D eigenvalue weighted by molar-refractivity contribution is -0.130. The fourth-order valence-electron chi connectivity index (χ4n) is 3.47. The smallest absolute Gasteiger partial charge is 0.219 e. The van der Waals surface area contributed by atoms with Crippen LogP contribution < -0.4 is 0 Å². The van der Waals surface area contributed by atoms with Crippen LogP contribution in [0, 0.1) is 11.3 Å². The summed E-state index contributed by atoms with van der Waals surface area (Å²) in [7, 11) is 0. The van der Waals surface area contributed by atoms with Crippen LogP contribution in [0.4, 0.5) is 0 Å². The summed E-state index contributed by atoms with van der Waals surface area (Å²) in [5, 5.41) is 10.2. The number of aliphatic hydroxyl groups is 1. The maximum atomic E-state index is 11.4. The number of aliphatic hydroxyl groups excluding tert-OH is 1. The predicted octanol–water partition coefficient (Wildman–Crippen LogP) is 1.27. The van der Waals surface area contributed by atoms with Crippen LogP contribution in [-0.4, -0.2) is 84.2 Å². The van der Waals surface area contributed by atoms with E-state index in [2.05, 4.69) is 30.6 Å². The van der Waals surface area contributed by atoms with E-state index in [-0.39, 0.29) is 17.4 Å². The van der Waals surface area contributed by atoms with Gasteiger partial charge in [0.2, 0.25) is 5.91 Å². The van der Waals surface area contributed by atoms with Crippen LogP contribution in [0.2, 0.25) is 0 Å². The molecule has 0 spiro atoms. The van der Waals surface area contributed by atoms with Crippen molar-refractivity contribution >= 4 is 5.91 Å². The molecule has 0 bridgehead atoms. The molecule has 2 aliphatic rings. The predicted molar refractivity (Wildman–Crippen MR) is 93.3 cm³/mol. The van der Waals surface area contributed by atoms with E-state index in [1.807, 2.05) is 4.90 Å². The minimum absolute atomic E-state index is 0.0399. The van der Waals surface area contributed by atoms with Gasteiger partial charge in [0.1, 0.15) is 0 Å². The van der Waals surface area contributed by atoms with Crippen LogP contribution in [-0.2, 0) is 4.79 Å². The van der Waals surface area contributed by atoms with Crippen molar-refractivity contribution in [1.29, 1.82) is 0 Å². The molecule has 2 aliphatic heterocycles. The Morgan fingerprint density at radius 2 is 1.57 bits per heavy atom. The highest BCUT2D eigenvalue weighted by Gasteiger charge is 2.28. The third-order valence-corrected chi connectivity index (χ3v) is 5.47. The zero-order valence-corrected chi connectivity index (χ0v) is 15.4. The Kier molecular flexibility index (Phi) is 6.46. The van der Waals surface area contributed by atoms with Gasteiger partial charge in [0, 0.05) is 59.3 Å². The number of carbonyl (C=O) groups excluding carboxylic acids is 1. The quantitative estimate of drug-likeness (QED) is 0.846. The van der Waals surface area contributed by atoms with Crippen molar-refractivity contribution in [1.82, 2.24) is 14.7 Å². The SMILES string of the molecule is CC(=O)N1CCC(CN2CCN(C[C@@H](O)C(C)(C)C)CC2)CC1. The lowest BCUT2D eigenvalue weighted by Crippen LogP contribution is -2.51. The van der Waals surface area contributed by atoms with Gasteiger partial charge in [-0.05, 0) is 24.2 Å². The van der Waals surface area contributed by atoms with E-state index in [4.69, 9.17) is 0 Å². The van der Waals surface area contributed by atoms with Gasteiger partial charge in [-0.25, -0.2) is 0 Å². The molecule has 0 aliphatic carbocycles. The number of hydrogen-bond acceptors (Lipinski definition) is 4. The Morgan fingerprint density at radius 3 is 2.04 bits per heavy atom. The summed E-state index contributed by atoms with van der Waals surface area (Å²) in [4.78, 5) is 18.3. The number of piperidine rings is 1. The van der Waals surface area contributed by atoms with Crippen LogP contribution in [0.3, 0.4) is 0 Å². The number of carbonyl (C=O) groups is 1. The lowest BCUT2D eigenvalue weighted by atomic mass is 9.89. The Balaban J connectivity index is 1.66. The maximum Gasteiger partial charge on any atom is 0.219 e. The molecular formula is C18H35N3O2. The van der Waals surface area contributed by atoms with Gasteiger partial charge in [-0.15, -0.1) is 0 Å². The average Bonchev–Trinajstić information content (AvgIpc) is 2.49. The number of rotatable bonds is 4. The van der Waals surface area contributed by atoms with Crippen LogP contribution in [0.25, 0.3) is 0 Å². The van der Waals surface area contributed by atoms with Crippen molar-refractivity contribution in [3.05, 3.63) is 0 Å². The molecule has 0 aromatic carbocycles. The van der Waals surface area contributed by atoms with Crippen molar-refractivity contribution in [3.8, 4) is 0 Å². The number of likely N-dealkylation sites (tertiary alicyclic amines) is 1. The molecule has 2 saturated heterocycles. The highest BCUT2D eigenvalue weighted by Crippen LogP contribution is 2.22. The Bertz CT molecular complexity index is 378. The summed E-state index contributed by atoms with van der Waals surface area (Å²) in [6.07, 6.45) is 2.02. The van der Waals surface area contributed by atoms with Crippen molar-refractivity contribution in [2.75, 3.05) is 52.4 Å². The summed E-state index contributed by atoms with van der Waals surface area (Å²) in [6, 6.07) is 0. The maximum absolute atomic E-state index is 11.4. The second kappa shape index (κ2) is 7.95. The zero-order chi connectivity index (χ0) is 17.0. The average molecular weight is 325 g/mol. The third-order valence-electron chi connectivity index (χ3n) is 5.47. The monoisotopic (exact) mass is 325 g/mol. The summed E-state index contributed by atoms with van der Waals surface area (Å²) >= 11 is 0. The molecule has 23 heavy (non-hydrogen) atoms. The number of hydrogen-bond donors (Lipinski definition) is 1. The van der Waals surface area contributed by atoms with Crippen LogP contribution in [0.5, 0.6) is 0 Å². The minimum atomic E-state index is -0.259. The molecule has 1 atom stereocenters. The van der Waals surface area contributed by atoms with Gasteiger partial charge in [-0.2, -0.15) is 0 Å². The third kappa shape index (κ3) is 5.73. The molecule has 5 nitrogen and oxygen atoms in total. The van der Waals surface area contributed by atoms with Gasteiger partial charge < -0.3 is 14.9 Å². The molecule has 5 heteroatoms. The van der Waals surface area contributed by atoms with E-state index in [0.29, 0.717) is 0 Å². The topological polar surface area (TPSA) is 47.0 Å². The molecule has 0 radical (unpaired) electrons. The second-order valence-corrected chi connectivity index (χ2v) is 8.43. The number of β-amino-alcohol motifs (C(OH)–C–C–N with tert-alkyl or cyclic N) is 1. The first-order chi connectivity index (χ1) is 10.8. The van der Waals surface area contributed by atoms with Gasteiger partial charge in [0.25, 0.3) is 0 Å². The van der Waals surface area contributed by atoms with E-state index >= 15 is 0 Å². The summed E-state index contributed by atoms with van der Waals surface area (Å²) in [6.45, 7) is 16.1. The molecular weight excluding hydrogens is 290 g/mol. The first-order valence-electron chi connectivity index (χ1n) is 9.14. The number of piperazine rings is 1. The second-order valence-electron chi connectivity index (χ2n) is 8.43. The summed E-state index contributed by atoms with van der Waals surface area (Å²) < 4.78 is 0. The molecule has 0 unspecified atom stereocenters. The largest absolute Gasteiger partial charge is 0.391 e. The summed E-state index contributed by atoms with van der Waals surface area (Å²) in [5.74, 6) is 0.951. The molecule has 2 heterocycles. The molecule has 0 saturated carbocycles. The van der Waals surface area contributed by atoms with E-state index in [9.17, 15) is 9.90 Å². The lowest BCUT2D eigenvalue weighted by Gasteiger charge is -2.40. The van der Waals surface area contributed by atoms with Crippen LogP contribution in [0.15, 0.2) is 0 Å². The van der Waals surface area contributed by atoms with Gasteiger partial charge in [0.15, 0.2) is 0 Å². The van der Waals surface area contributed by atoms with Gasteiger partial charge >= 0.3 is 0 Å². The molecule has 1 N–H and O–H groups in total. The molecule has 0 aromatic rings. The fraction of sp³-hybridized carbons (Fsp3) is 0.944. The minimum Gasteiger partial charge on any atom is -0.391 e. The Labute approximate surface area is 141 Å². The molecule has 0 aromatic heterocycles. The molecule has 134 valence electrons. The number of nitrogens with zero attached hydrogens (tertiary/aromatic N) is 3. The van der Waals surface area contributed by atoms with E-state index in [1.54, 1.807) is 6.92 Å². The van der Waals surface area contributed by atoms with Crippen LogP contribution in [0.1, 0.15) is 40.5 Å². The van der Waals surface area contributed by atoms with Crippen molar-refractivity contribution < 1.29 is 9.90 Å². The molecule has 2 rings (SSSR count). The van der Waals surface area contributed by atoms with Crippen molar-refractivity contribution in [2.45, 2.75) is 46.6 Å². The Morgan fingerprint density at radius 1 is 1.04 bits per heavy atom. The number of amides is 1. The first kappa shape index (κ1) is 18.7. The van der Waals surface area contributed by atoms with Crippen LogP contribution >= 0.6 is 0 Å². The standard InChI is InChI=1S/C18H35N3O2/c1-15(22)21-7-5-16(6-8-21)13-19-9-11-20(12-10-19)14-17(23)18(2,3)4/h16-17,23H,5-14H2,1-4H3/t17-/m1/s1. The van der Waals surface area contributed by atoms with Gasteiger partial charge in [0.05, 0.1) is 6.10 Å². The summed E-state index contributed by atoms with van der Waals surface area (Å²) in [5.41, 5.74) is -0.0399. The van der Waals surface area contributed by atoms with E-state index < -0.39 is 0 Å². The van der Waals surface area contributed by atoms with E-state index in [1.165, 1.54) is 6.54 Å². The molecule has 1 amide bonds. The van der Waals surface area contributed by atoms with Gasteiger partial charge in [-0.3, -0.25) is 9.69 Å². The normalized spacial score (nSPS) is 24.0. The van der Waals surface area contributed by atoms with Crippen molar-refractivity contribution in [2.24, 2.45) is 11.3 Å². The Hall–Kier alpha value is -0.650. The first-order valence-corrected chi connectivity index (χ1v) is 9.14. The molecule has 2 fully saturated rings. The zero-order valence-electron chi connectivity index (χ0n) is 15.4. The highest BCUT2D eigenvalue weighted by molar-refractivity contribution is 5.73. The van der Waals surface area contributed by atoms with E-state index in [0.717, 1.165) is 64.6 Å². The van der Waals surface area contributed by atoms with Crippen molar-refractivity contribution in [3.63, 3.8) is 0 Å². The highest BCUT2D eigenvalue weighted by atomic mass is 16.3.